The minimum Gasteiger partial charge on any atom is -0.399 e. The van der Waals surface area contributed by atoms with Crippen molar-refractivity contribution in [2.45, 2.75) is 12.7 Å². The lowest BCUT2D eigenvalue weighted by Gasteiger charge is -2.28. The number of benzene rings is 1. The van der Waals surface area contributed by atoms with Gasteiger partial charge in [-0.15, -0.1) is 0 Å². The Balaban J connectivity index is 2.02. The van der Waals surface area contributed by atoms with Crippen LogP contribution < -0.4 is 10.6 Å². The number of hydrogen-bond acceptors (Lipinski definition) is 7. The fourth-order valence-corrected chi connectivity index (χ4v) is 3.40. The Bertz CT molecular complexity index is 831. The number of aromatic nitrogens is 2. The van der Waals surface area contributed by atoms with Crippen molar-refractivity contribution >= 4 is 21.3 Å². The Labute approximate surface area is 147 Å². The zero-order valence-corrected chi connectivity index (χ0v) is 15.0. The second kappa shape index (κ2) is 7.37. The molecule has 7 nitrogen and oxygen atoms in total. The Kier molecular flexibility index (Phi) is 5.19. The number of hydrogen-bond donors (Lipinski definition) is 1. The summed E-state index contributed by atoms with van der Waals surface area (Å²) >= 11 is 0. The largest absolute Gasteiger partial charge is 0.399 e. The number of nitrogens with two attached hydrogens (primary N) is 1. The van der Waals surface area contributed by atoms with E-state index in [-0.39, 0.29) is 11.5 Å². The van der Waals surface area contributed by atoms with Crippen LogP contribution in [-0.4, -0.2) is 50.4 Å². The molecule has 1 saturated heterocycles. The average molecular weight is 362 g/mol. The summed E-state index contributed by atoms with van der Waals surface area (Å²) in [6.07, 6.45) is 0. The molecule has 0 unspecified atom stereocenters. The molecule has 1 aliphatic rings. The maximum atomic E-state index is 12.0. The van der Waals surface area contributed by atoms with Crippen LogP contribution in [0.2, 0.25) is 0 Å². The van der Waals surface area contributed by atoms with Gasteiger partial charge in [0, 0.05) is 36.2 Å². The molecule has 134 valence electrons. The van der Waals surface area contributed by atoms with Gasteiger partial charge in [0.05, 0.1) is 24.7 Å². The molecular formula is C17H22N4O3S. The molecule has 0 spiro atoms. The standard InChI is InChI=1S/C17H22N4O3S/c1-2-25(22,23)12-15-11-16(21-7-9-24-10-8-21)20-17(19-15)13-3-5-14(18)6-4-13/h3-6,11H,2,7-10,12,18H2,1H3. The third-order valence-electron chi connectivity index (χ3n) is 4.08. The van der Waals surface area contributed by atoms with E-state index in [0.717, 1.165) is 24.5 Å². The summed E-state index contributed by atoms with van der Waals surface area (Å²) in [5.41, 5.74) is 7.70. The third-order valence-corrected chi connectivity index (χ3v) is 5.69. The summed E-state index contributed by atoms with van der Waals surface area (Å²) < 4.78 is 29.5. The van der Waals surface area contributed by atoms with Gasteiger partial charge in [0.1, 0.15) is 5.82 Å². The SMILES string of the molecule is CCS(=O)(=O)Cc1cc(N2CCOCC2)nc(-c2ccc(N)cc2)n1. The summed E-state index contributed by atoms with van der Waals surface area (Å²) in [6, 6.07) is 9.00. The zero-order valence-electron chi connectivity index (χ0n) is 14.2. The van der Waals surface area contributed by atoms with Crippen molar-refractivity contribution in [2.75, 3.05) is 42.7 Å². The lowest BCUT2D eigenvalue weighted by Crippen LogP contribution is -2.37. The van der Waals surface area contributed by atoms with Gasteiger partial charge >= 0.3 is 0 Å². The quantitative estimate of drug-likeness (QED) is 0.805. The predicted molar refractivity (Wildman–Crippen MR) is 98.1 cm³/mol. The number of anilines is 2. The summed E-state index contributed by atoms with van der Waals surface area (Å²) in [5.74, 6) is 1.23. The number of ether oxygens (including phenoxy) is 1. The van der Waals surface area contributed by atoms with E-state index in [2.05, 4.69) is 14.9 Å². The summed E-state index contributed by atoms with van der Waals surface area (Å²) in [4.78, 5) is 11.2. The normalized spacial score (nSPS) is 15.3. The number of sulfone groups is 1. The topological polar surface area (TPSA) is 98.4 Å². The molecule has 3 rings (SSSR count). The molecule has 8 heteroatoms. The number of nitrogens with zero attached hydrogens (tertiary/aromatic N) is 3. The van der Waals surface area contributed by atoms with Crippen LogP contribution in [0, 0.1) is 0 Å². The van der Waals surface area contributed by atoms with Crippen LogP contribution in [0.4, 0.5) is 11.5 Å². The van der Waals surface area contributed by atoms with Gasteiger partial charge in [0.2, 0.25) is 0 Å². The second-order valence-corrected chi connectivity index (χ2v) is 8.29. The van der Waals surface area contributed by atoms with Gasteiger partial charge in [-0.05, 0) is 24.3 Å². The van der Waals surface area contributed by atoms with Crippen LogP contribution in [0.15, 0.2) is 30.3 Å². The molecule has 1 aromatic heterocycles. The molecule has 0 radical (unpaired) electrons. The highest BCUT2D eigenvalue weighted by Crippen LogP contribution is 2.23. The van der Waals surface area contributed by atoms with Crippen molar-refractivity contribution in [3.05, 3.63) is 36.0 Å². The highest BCUT2D eigenvalue weighted by Gasteiger charge is 2.18. The fraction of sp³-hybridized carbons (Fsp3) is 0.412. The van der Waals surface area contributed by atoms with Crippen molar-refractivity contribution in [3.8, 4) is 11.4 Å². The molecule has 1 fully saturated rings. The van der Waals surface area contributed by atoms with E-state index in [0.29, 0.717) is 30.4 Å². The Morgan fingerprint density at radius 3 is 2.48 bits per heavy atom. The number of morpholine rings is 1. The van der Waals surface area contributed by atoms with Gasteiger partial charge in [-0.3, -0.25) is 0 Å². The first-order chi connectivity index (χ1) is 12.0. The molecule has 0 aliphatic carbocycles. The molecule has 0 saturated carbocycles. The van der Waals surface area contributed by atoms with Crippen LogP contribution in [0.5, 0.6) is 0 Å². The third kappa shape index (κ3) is 4.46. The van der Waals surface area contributed by atoms with Crippen molar-refractivity contribution in [2.24, 2.45) is 0 Å². The van der Waals surface area contributed by atoms with Gasteiger partial charge in [-0.25, -0.2) is 18.4 Å². The van der Waals surface area contributed by atoms with Crippen LogP contribution >= 0.6 is 0 Å². The smallest absolute Gasteiger partial charge is 0.161 e. The first-order valence-electron chi connectivity index (χ1n) is 8.24. The van der Waals surface area contributed by atoms with Gasteiger partial charge in [-0.1, -0.05) is 6.92 Å². The highest BCUT2D eigenvalue weighted by atomic mass is 32.2. The molecule has 1 aliphatic heterocycles. The van der Waals surface area contributed by atoms with E-state index in [1.165, 1.54) is 0 Å². The highest BCUT2D eigenvalue weighted by molar-refractivity contribution is 7.90. The molecular weight excluding hydrogens is 340 g/mol. The summed E-state index contributed by atoms with van der Waals surface area (Å²) in [5, 5.41) is 0. The summed E-state index contributed by atoms with van der Waals surface area (Å²) in [7, 11) is -3.18. The second-order valence-electron chi connectivity index (χ2n) is 5.94. The molecule has 1 aromatic carbocycles. The van der Waals surface area contributed by atoms with Gasteiger partial charge in [-0.2, -0.15) is 0 Å². The first-order valence-corrected chi connectivity index (χ1v) is 10.1. The van der Waals surface area contributed by atoms with E-state index in [1.807, 2.05) is 12.1 Å². The minimum atomic E-state index is -3.18. The van der Waals surface area contributed by atoms with Crippen molar-refractivity contribution in [1.82, 2.24) is 9.97 Å². The molecule has 2 N–H and O–H groups in total. The molecule has 2 aromatic rings. The number of rotatable bonds is 5. The fourth-order valence-electron chi connectivity index (χ4n) is 2.60. The zero-order chi connectivity index (χ0) is 17.9. The van der Waals surface area contributed by atoms with Crippen molar-refractivity contribution < 1.29 is 13.2 Å². The predicted octanol–water partition coefficient (Wildman–Crippen LogP) is 1.50. The van der Waals surface area contributed by atoms with E-state index in [9.17, 15) is 8.42 Å². The van der Waals surface area contributed by atoms with Crippen LogP contribution in [0.3, 0.4) is 0 Å². The van der Waals surface area contributed by atoms with Crippen LogP contribution in [0.1, 0.15) is 12.6 Å². The van der Waals surface area contributed by atoms with E-state index in [1.54, 1.807) is 25.1 Å². The van der Waals surface area contributed by atoms with E-state index >= 15 is 0 Å². The van der Waals surface area contributed by atoms with Crippen LogP contribution in [0.25, 0.3) is 11.4 Å². The Hall–Kier alpha value is -2.19. The van der Waals surface area contributed by atoms with E-state index in [4.69, 9.17) is 10.5 Å². The lowest BCUT2D eigenvalue weighted by molar-refractivity contribution is 0.122. The Morgan fingerprint density at radius 1 is 1.16 bits per heavy atom. The van der Waals surface area contributed by atoms with Gasteiger partial charge < -0.3 is 15.4 Å². The molecule has 2 heterocycles. The van der Waals surface area contributed by atoms with Gasteiger partial charge in [0.15, 0.2) is 15.7 Å². The maximum absolute atomic E-state index is 12.0. The Morgan fingerprint density at radius 2 is 1.84 bits per heavy atom. The lowest BCUT2D eigenvalue weighted by atomic mass is 10.2. The minimum absolute atomic E-state index is 0.0844. The van der Waals surface area contributed by atoms with Crippen molar-refractivity contribution in [1.29, 1.82) is 0 Å². The van der Waals surface area contributed by atoms with Crippen molar-refractivity contribution in [3.63, 3.8) is 0 Å². The van der Waals surface area contributed by atoms with Gasteiger partial charge in [0.25, 0.3) is 0 Å². The van der Waals surface area contributed by atoms with E-state index < -0.39 is 9.84 Å². The summed E-state index contributed by atoms with van der Waals surface area (Å²) in [6.45, 7) is 4.34. The number of nitrogen functional groups attached to an aromatic ring is 1. The monoisotopic (exact) mass is 362 g/mol. The molecule has 25 heavy (non-hydrogen) atoms. The molecule has 0 atom stereocenters. The maximum Gasteiger partial charge on any atom is 0.161 e. The average Bonchev–Trinajstić information content (AvgIpc) is 2.62. The van der Waals surface area contributed by atoms with Crippen LogP contribution in [-0.2, 0) is 20.3 Å². The molecule has 0 amide bonds. The first kappa shape index (κ1) is 17.6. The molecule has 0 bridgehead atoms.